The summed E-state index contributed by atoms with van der Waals surface area (Å²) in [6.45, 7) is 1.47. The lowest BCUT2D eigenvalue weighted by Crippen LogP contribution is -2.40. The fourth-order valence-electron chi connectivity index (χ4n) is 1.18. The van der Waals surface area contributed by atoms with E-state index < -0.39 is 5.91 Å². The van der Waals surface area contributed by atoms with E-state index in [2.05, 4.69) is 0 Å². The Hall–Kier alpha value is -1.91. The lowest BCUT2D eigenvalue weighted by molar-refractivity contribution is -0.684. The van der Waals surface area contributed by atoms with E-state index in [4.69, 9.17) is 10.5 Å². The normalized spacial score (nSPS) is 9.73. The molecule has 0 radical (unpaired) electrons. The molecule has 0 aromatic carbocycles. The molecule has 0 saturated heterocycles. The molecule has 0 aliphatic heterocycles. The van der Waals surface area contributed by atoms with E-state index in [-0.39, 0.29) is 12.3 Å². The lowest BCUT2D eigenvalue weighted by atomic mass is 10.2. The predicted octanol–water partition coefficient (Wildman–Crippen LogP) is -0.329. The molecule has 0 aliphatic carbocycles. The van der Waals surface area contributed by atoms with Gasteiger partial charge >= 0.3 is 0 Å². The summed E-state index contributed by atoms with van der Waals surface area (Å²) in [6.07, 6.45) is 3.17. The van der Waals surface area contributed by atoms with Crippen LogP contribution < -0.4 is 15.0 Å². The third-order valence-corrected chi connectivity index (χ3v) is 1.88. The maximum absolute atomic E-state index is 11.2. The van der Waals surface area contributed by atoms with Gasteiger partial charge in [-0.25, -0.2) is 0 Å². The molecular weight excluding hydrogens is 196 g/mol. The number of methoxy groups -OCH3 is 1. The Bertz CT molecular complexity index is 402. The van der Waals surface area contributed by atoms with Crippen molar-refractivity contribution in [2.75, 3.05) is 7.11 Å². The van der Waals surface area contributed by atoms with Gasteiger partial charge in [0, 0.05) is 6.07 Å². The van der Waals surface area contributed by atoms with Gasteiger partial charge in [-0.1, -0.05) is 0 Å². The van der Waals surface area contributed by atoms with Gasteiger partial charge in [-0.15, -0.1) is 0 Å². The Morgan fingerprint density at radius 3 is 2.60 bits per heavy atom. The third-order valence-electron chi connectivity index (χ3n) is 1.88. The maximum atomic E-state index is 11.2. The highest BCUT2D eigenvalue weighted by Crippen LogP contribution is 2.09. The molecule has 1 aromatic heterocycles. The average Bonchev–Trinajstić information content (AvgIpc) is 2.16. The van der Waals surface area contributed by atoms with Crippen LogP contribution in [0.25, 0.3) is 0 Å². The van der Waals surface area contributed by atoms with Crippen molar-refractivity contribution < 1.29 is 18.9 Å². The Labute approximate surface area is 87.5 Å². The van der Waals surface area contributed by atoms with Crippen molar-refractivity contribution in [1.29, 1.82) is 0 Å². The number of carbonyl (C=O) groups excluding carboxylic acids is 2. The molecule has 5 nitrogen and oxygen atoms in total. The Morgan fingerprint density at radius 2 is 2.13 bits per heavy atom. The molecule has 1 rings (SSSR count). The maximum Gasteiger partial charge on any atom is 0.283 e. The van der Waals surface area contributed by atoms with Gasteiger partial charge in [0.2, 0.25) is 12.7 Å². The van der Waals surface area contributed by atoms with Gasteiger partial charge in [0.05, 0.1) is 12.7 Å². The first-order chi connectivity index (χ1) is 7.02. The number of nitrogens with two attached hydrogens (primary N) is 1. The molecule has 0 fully saturated rings. The first kappa shape index (κ1) is 11.2. The number of carbonyl (C=O) groups is 2. The summed E-state index contributed by atoms with van der Waals surface area (Å²) >= 11 is 0. The third kappa shape index (κ3) is 3.05. The van der Waals surface area contributed by atoms with Crippen molar-refractivity contribution in [3.8, 4) is 5.75 Å². The zero-order valence-corrected chi connectivity index (χ0v) is 8.69. The van der Waals surface area contributed by atoms with E-state index in [1.54, 1.807) is 18.5 Å². The summed E-state index contributed by atoms with van der Waals surface area (Å²) in [7, 11) is 1.49. The number of primary amides is 1. The number of rotatable bonds is 4. The Morgan fingerprint density at radius 1 is 1.47 bits per heavy atom. The van der Waals surface area contributed by atoms with Gasteiger partial charge < -0.3 is 10.5 Å². The molecule has 80 valence electrons. The fraction of sp³-hybridized carbons (Fsp3) is 0.300. The first-order valence-corrected chi connectivity index (χ1v) is 4.40. The van der Waals surface area contributed by atoms with Gasteiger partial charge in [-0.2, -0.15) is 4.57 Å². The monoisotopic (exact) mass is 209 g/mol. The predicted molar refractivity (Wildman–Crippen MR) is 52.4 cm³/mol. The number of hydrogen-bond acceptors (Lipinski definition) is 3. The molecule has 0 saturated carbocycles. The molecule has 1 amide bonds. The zero-order chi connectivity index (χ0) is 11.4. The topological polar surface area (TPSA) is 73.3 Å². The number of ether oxygens (including phenoxy) is 1. The van der Waals surface area contributed by atoms with Crippen LogP contribution in [0.1, 0.15) is 17.3 Å². The van der Waals surface area contributed by atoms with Gasteiger partial charge in [0.1, 0.15) is 0 Å². The van der Waals surface area contributed by atoms with E-state index in [0.29, 0.717) is 11.3 Å². The summed E-state index contributed by atoms with van der Waals surface area (Å²) in [5, 5.41) is 0. The number of ketones is 1. The second-order valence-corrected chi connectivity index (χ2v) is 3.16. The minimum atomic E-state index is -0.470. The highest BCUT2D eigenvalue weighted by Gasteiger charge is 2.12. The van der Waals surface area contributed by atoms with Crippen LogP contribution in [-0.2, 0) is 11.3 Å². The standard InChI is InChI=1S/C10H12N2O3/c1-7(13)8-3-9(15-2)5-12(4-8)6-10(11)14/h3-5H,6H2,1-2H3,(H-,11,14)/p+1. The second-order valence-electron chi connectivity index (χ2n) is 3.16. The summed E-state index contributed by atoms with van der Waals surface area (Å²) in [4.78, 5) is 21.9. The van der Waals surface area contributed by atoms with Crippen molar-refractivity contribution in [2.24, 2.45) is 5.73 Å². The van der Waals surface area contributed by atoms with Crippen LogP contribution >= 0.6 is 0 Å². The first-order valence-electron chi connectivity index (χ1n) is 4.40. The number of pyridine rings is 1. The number of aromatic nitrogens is 1. The van der Waals surface area contributed by atoms with Gasteiger partial charge in [-0.3, -0.25) is 9.59 Å². The molecule has 1 aromatic rings. The quantitative estimate of drug-likeness (QED) is 0.545. The molecule has 0 spiro atoms. The Balaban J connectivity index is 3.11. The molecule has 0 unspecified atom stereocenters. The number of amides is 1. The minimum Gasteiger partial charge on any atom is -0.491 e. The fourth-order valence-corrected chi connectivity index (χ4v) is 1.18. The van der Waals surface area contributed by atoms with E-state index in [9.17, 15) is 9.59 Å². The highest BCUT2D eigenvalue weighted by molar-refractivity contribution is 5.93. The highest BCUT2D eigenvalue weighted by atomic mass is 16.5. The number of nitrogens with zero attached hydrogens (tertiary/aromatic N) is 1. The van der Waals surface area contributed by atoms with Crippen molar-refractivity contribution in [2.45, 2.75) is 13.5 Å². The van der Waals surface area contributed by atoms with E-state index in [1.165, 1.54) is 18.6 Å². The Kier molecular flexibility index (Phi) is 3.38. The molecule has 0 bridgehead atoms. The summed E-state index contributed by atoms with van der Waals surface area (Å²) in [5.74, 6) is -0.0428. The van der Waals surface area contributed by atoms with E-state index in [0.717, 1.165) is 0 Å². The number of hydrogen-bond donors (Lipinski definition) is 1. The van der Waals surface area contributed by atoms with Crippen LogP contribution in [0, 0.1) is 0 Å². The van der Waals surface area contributed by atoms with Crippen LogP contribution in [0.4, 0.5) is 0 Å². The number of Topliss-reactive ketones (excluding diaryl/α,β-unsaturated/α-hetero) is 1. The van der Waals surface area contributed by atoms with Crippen LogP contribution in [-0.4, -0.2) is 18.8 Å². The van der Waals surface area contributed by atoms with Crippen LogP contribution in [0.5, 0.6) is 5.75 Å². The van der Waals surface area contributed by atoms with Crippen LogP contribution in [0.2, 0.25) is 0 Å². The van der Waals surface area contributed by atoms with Gasteiger partial charge in [0.15, 0.2) is 17.7 Å². The van der Waals surface area contributed by atoms with Crippen molar-refractivity contribution in [3.05, 3.63) is 24.0 Å². The van der Waals surface area contributed by atoms with E-state index >= 15 is 0 Å². The van der Waals surface area contributed by atoms with Crippen molar-refractivity contribution in [3.63, 3.8) is 0 Å². The summed E-state index contributed by atoms with van der Waals surface area (Å²) < 4.78 is 6.53. The van der Waals surface area contributed by atoms with Crippen molar-refractivity contribution >= 4 is 11.7 Å². The zero-order valence-electron chi connectivity index (χ0n) is 8.69. The minimum absolute atomic E-state index is 0.0253. The van der Waals surface area contributed by atoms with Crippen LogP contribution in [0.3, 0.4) is 0 Å². The van der Waals surface area contributed by atoms with Crippen molar-refractivity contribution in [1.82, 2.24) is 0 Å². The van der Waals surface area contributed by atoms with Crippen LogP contribution in [0.15, 0.2) is 18.5 Å². The summed E-state index contributed by atoms with van der Waals surface area (Å²) in [5.41, 5.74) is 5.54. The van der Waals surface area contributed by atoms with Gasteiger partial charge in [0.25, 0.3) is 5.91 Å². The van der Waals surface area contributed by atoms with Gasteiger partial charge in [-0.05, 0) is 6.92 Å². The van der Waals surface area contributed by atoms with E-state index in [1.807, 2.05) is 0 Å². The molecule has 0 aliphatic rings. The molecule has 5 heteroatoms. The SMILES string of the molecule is COc1cc(C(C)=O)c[n+](CC(N)=O)c1. The molecule has 0 atom stereocenters. The lowest BCUT2D eigenvalue weighted by Gasteiger charge is -2.01. The molecule has 15 heavy (non-hydrogen) atoms. The molecule has 1 heterocycles. The smallest absolute Gasteiger partial charge is 0.283 e. The summed E-state index contributed by atoms with van der Waals surface area (Å²) in [6, 6.07) is 1.61. The second kappa shape index (κ2) is 4.54. The average molecular weight is 209 g/mol. The molecule has 2 N–H and O–H groups in total. The largest absolute Gasteiger partial charge is 0.491 e. The molecular formula is C10H13N2O3+.